The van der Waals surface area contributed by atoms with Crippen LogP contribution < -0.4 is 5.32 Å². The Hall–Kier alpha value is -1.10. The van der Waals surface area contributed by atoms with E-state index in [1.165, 1.54) is 6.42 Å². The summed E-state index contributed by atoms with van der Waals surface area (Å²) in [7, 11) is 1.69. The molecule has 1 N–H and O–H groups in total. The van der Waals surface area contributed by atoms with Crippen LogP contribution in [-0.4, -0.2) is 60.9 Å². The molecule has 1 atom stereocenters. The van der Waals surface area contributed by atoms with Crippen molar-refractivity contribution in [1.29, 1.82) is 0 Å². The molecule has 0 radical (unpaired) electrons. The third kappa shape index (κ3) is 3.72. The van der Waals surface area contributed by atoms with Crippen molar-refractivity contribution < 1.29 is 9.59 Å². The van der Waals surface area contributed by atoms with Gasteiger partial charge in [0.05, 0.1) is 6.54 Å². The predicted molar refractivity (Wildman–Crippen MR) is 78.3 cm³/mol. The molecule has 0 aliphatic carbocycles. The van der Waals surface area contributed by atoms with E-state index < -0.39 is 0 Å². The summed E-state index contributed by atoms with van der Waals surface area (Å²) in [6.07, 6.45) is 5.23. The van der Waals surface area contributed by atoms with Gasteiger partial charge < -0.3 is 10.2 Å². The zero-order chi connectivity index (χ0) is 14.5. The maximum Gasteiger partial charge on any atom is 0.236 e. The first kappa shape index (κ1) is 15.3. The van der Waals surface area contributed by atoms with E-state index in [2.05, 4.69) is 17.1 Å². The van der Waals surface area contributed by atoms with Crippen molar-refractivity contribution in [3.8, 4) is 0 Å². The molecule has 2 rings (SSSR count). The third-order valence-electron chi connectivity index (χ3n) is 4.69. The fourth-order valence-corrected chi connectivity index (χ4v) is 3.31. The molecule has 5 nitrogen and oxygen atoms in total. The van der Waals surface area contributed by atoms with Gasteiger partial charge in [-0.2, -0.15) is 0 Å². The smallest absolute Gasteiger partial charge is 0.236 e. The van der Waals surface area contributed by atoms with Gasteiger partial charge in [0.1, 0.15) is 0 Å². The predicted octanol–water partition coefficient (Wildman–Crippen LogP) is 0.845. The van der Waals surface area contributed by atoms with Gasteiger partial charge in [0.2, 0.25) is 11.8 Å². The summed E-state index contributed by atoms with van der Waals surface area (Å²) in [6, 6.07) is 0.389. The number of nitrogens with one attached hydrogen (secondary N) is 1. The maximum absolute atomic E-state index is 12.4. The minimum atomic E-state index is 0.125. The number of rotatable bonds is 3. The van der Waals surface area contributed by atoms with Crippen LogP contribution in [0.3, 0.4) is 0 Å². The summed E-state index contributed by atoms with van der Waals surface area (Å²) >= 11 is 0. The summed E-state index contributed by atoms with van der Waals surface area (Å²) in [6.45, 7) is 5.28. The molecule has 2 aliphatic rings. The van der Waals surface area contributed by atoms with Crippen molar-refractivity contribution >= 4 is 11.8 Å². The number of hydrogen-bond acceptors (Lipinski definition) is 3. The lowest BCUT2D eigenvalue weighted by Crippen LogP contribution is -2.49. The van der Waals surface area contributed by atoms with E-state index in [9.17, 15) is 9.59 Å². The lowest BCUT2D eigenvalue weighted by atomic mass is 9.96. The number of nitrogens with zero attached hydrogens (tertiary/aromatic N) is 2. The summed E-state index contributed by atoms with van der Waals surface area (Å²) in [5, 5.41) is 2.72. The monoisotopic (exact) mass is 281 g/mol. The Kier molecular flexibility index (Phi) is 5.40. The van der Waals surface area contributed by atoms with Crippen LogP contribution in [0.2, 0.25) is 0 Å². The normalized spacial score (nSPS) is 25.5. The molecule has 0 aromatic rings. The molecule has 2 fully saturated rings. The Balaban J connectivity index is 1.77. The summed E-state index contributed by atoms with van der Waals surface area (Å²) in [5.41, 5.74) is 0. The molecule has 114 valence electrons. The number of amides is 2. The Morgan fingerprint density at radius 1 is 1.10 bits per heavy atom. The molecule has 0 aromatic heterocycles. The Morgan fingerprint density at radius 3 is 2.40 bits per heavy atom. The second-order valence-electron chi connectivity index (χ2n) is 6.10. The molecular weight excluding hydrogens is 254 g/mol. The van der Waals surface area contributed by atoms with Crippen molar-refractivity contribution in [2.24, 2.45) is 5.92 Å². The molecule has 0 bridgehead atoms. The minimum absolute atomic E-state index is 0.125. The molecule has 2 heterocycles. The van der Waals surface area contributed by atoms with Gasteiger partial charge in [-0.3, -0.25) is 14.5 Å². The molecule has 0 aromatic carbocycles. The Morgan fingerprint density at radius 2 is 1.80 bits per heavy atom. The summed E-state index contributed by atoms with van der Waals surface area (Å²) in [4.78, 5) is 28.2. The van der Waals surface area contributed by atoms with Crippen molar-refractivity contribution in [3.05, 3.63) is 0 Å². The van der Waals surface area contributed by atoms with Crippen molar-refractivity contribution in [1.82, 2.24) is 15.1 Å². The van der Waals surface area contributed by atoms with Crippen molar-refractivity contribution in [2.45, 2.75) is 45.1 Å². The van der Waals surface area contributed by atoms with E-state index in [1.54, 1.807) is 7.05 Å². The fourth-order valence-electron chi connectivity index (χ4n) is 3.31. The first-order valence-electron chi connectivity index (χ1n) is 7.85. The molecule has 2 amide bonds. The van der Waals surface area contributed by atoms with E-state index in [1.807, 2.05) is 4.90 Å². The van der Waals surface area contributed by atoms with Crippen molar-refractivity contribution in [3.63, 3.8) is 0 Å². The molecule has 5 heteroatoms. The largest absolute Gasteiger partial charge is 0.359 e. The first-order chi connectivity index (χ1) is 9.61. The molecular formula is C15H27N3O2. The van der Waals surface area contributed by atoms with Gasteiger partial charge in [-0.1, -0.05) is 0 Å². The van der Waals surface area contributed by atoms with E-state index in [-0.39, 0.29) is 17.7 Å². The van der Waals surface area contributed by atoms with E-state index in [4.69, 9.17) is 0 Å². The van der Waals surface area contributed by atoms with Gasteiger partial charge in [-0.25, -0.2) is 0 Å². The number of piperidine rings is 2. The minimum Gasteiger partial charge on any atom is -0.359 e. The quantitative estimate of drug-likeness (QED) is 0.834. The molecule has 2 aliphatic heterocycles. The third-order valence-corrected chi connectivity index (χ3v) is 4.69. The second kappa shape index (κ2) is 7.07. The van der Waals surface area contributed by atoms with E-state index in [0.717, 1.165) is 45.3 Å². The second-order valence-corrected chi connectivity index (χ2v) is 6.10. The molecule has 20 heavy (non-hydrogen) atoms. The van der Waals surface area contributed by atoms with Crippen LogP contribution >= 0.6 is 0 Å². The zero-order valence-electron chi connectivity index (χ0n) is 12.7. The maximum atomic E-state index is 12.4. The van der Waals surface area contributed by atoms with Crippen LogP contribution in [-0.2, 0) is 9.59 Å². The fraction of sp³-hybridized carbons (Fsp3) is 0.867. The Labute approximate surface area is 121 Å². The van der Waals surface area contributed by atoms with Crippen LogP contribution in [0, 0.1) is 5.92 Å². The number of hydrogen-bond donors (Lipinski definition) is 1. The SMILES string of the molecule is CNC(=O)C1CCN(CC(=O)N2CCCC[C@@H]2C)CC1. The molecule has 0 spiro atoms. The highest BCUT2D eigenvalue weighted by Gasteiger charge is 2.28. The number of likely N-dealkylation sites (tertiary alicyclic amines) is 2. The van der Waals surface area contributed by atoms with Crippen molar-refractivity contribution in [2.75, 3.05) is 33.2 Å². The van der Waals surface area contributed by atoms with Crippen LogP contribution in [0.1, 0.15) is 39.0 Å². The molecule has 2 saturated heterocycles. The van der Waals surface area contributed by atoms with Gasteiger partial charge >= 0.3 is 0 Å². The zero-order valence-corrected chi connectivity index (χ0v) is 12.7. The average molecular weight is 281 g/mol. The van der Waals surface area contributed by atoms with Crippen LogP contribution in [0.4, 0.5) is 0 Å². The lowest BCUT2D eigenvalue weighted by Gasteiger charge is -2.36. The van der Waals surface area contributed by atoms with E-state index in [0.29, 0.717) is 12.6 Å². The summed E-state index contributed by atoms with van der Waals surface area (Å²) in [5.74, 6) is 0.525. The van der Waals surface area contributed by atoms with E-state index >= 15 is 0 Å². The van der Waals surface area contributed by atoms with Gasteiger partial charge in [0.15, 0.2) is 0 Å². The molecule has 0 unspecified atom stereocenters. The highest BCUT2D eigenvalue weighted by atomic mass is 16.2. The highest BCUT2D eigenvalue weighted by Crippen LogP contribution is 2.19. The topological polar surface area (TPSA) is 52.7 Å². The lowest BCUT2D eigenvalue weighted by molar-refractivity contribution is -0.136. The number of carbonyl (C=O) groups is 2. The van der Waals surface area contributed by atoms with Gasteiger partial charge in [-0.05, 0) is 52.1 Å². The van der Waals surface area contributed by atoms with Gasteiger partial charge in [0.25, 0.3) is 0 Å². The first-order valence-corrected chi connectivity index (χ1v) is 7.85. The van der Waals surface area contributed by atoms with Gasteiger partial charge in [0, 0.05) is 25.6 Å². The van der Waals surface area contributed by atoms with Crippen LogP contribution in [0.25, 0.3) is 0 Å². The standard InChI is InChI=1S/C15H27N3O2/c1-12-5-3-4-8-18(12)14(19)11-17-9-6-13(7-10-17)15(20)16-2/h12-13H,3-11H2,1-2H3,(H,16,20)/t12-/m0/s1. The highest BCUT2D eigenvalue weighted by molar-refractivity contribution is 5.79. The van der Waals surface area contributed by atoms with Crippen LogP contribution in [0.5, 0.6) is 0 Å². The summed E-state index contributed by atoms with van der Waals surface area (Å²) < 4.78 is 0. The number of carbonyl (C=O) groups excluding carboxylic acids is 2. The average Bonchev–Trinajstić information content (AvgIpc) is 2.47. The Bertz CT molecular complexity index is 351. The van der Waals surface area contributed by atoms with Crippen LogP contribution in [0.15, 0.2) is 0 Å². The molecule has 0 saturated carbocycles. The van der Waals surface area contributed by atoms with Gasteiger partial charge in [-0.15, -0.1) is 0 Å².